The number of aliphatic hydroxyl groups excluding tert-OH is 1. The fraction of sp³-hybridized carbons (Fsp3) is 0.467. The fourth-order valence-electron chi connectivity index (χ4n) is 3.16. The number of fused-ring (bicyclic) bond motifs is 1. The Kier molecular flexibility index (Phi) is 3.01. The highest BCUT2D eigenvalue weighted by molar-refractivity contribution is 5.74. The number of aromatic amines is 2. The molecule has 2 aromatic rings. The minimum absolute atomic E-state index is 0.101. The van der Waals surface area contributed by atoms with Crippen molar-refractivity contribution in [3.63, 3.8) is 0 Å². The topological polar surface area (TPSA) is 85.9 Å². The molecule has 5 heteroatoms. The summed E-state index contributed by atoms with van der Waals surface area (Å²) in [6, 6.07) is 5.29. The Balaban J connectivity index is 2.06. The summed E-state index contributed by atoms with van der Waals surface area (Å²) in [5.74, 6) is 0. The summed E-state index contributed by atoms with van der Waals surface area (Å²) in [4.78, 5) is 27.7. The third-order valence-corrected chi connectivity index (χ3v) is 4.47. The molecule has 1 aromatic carbocycles. The largest absolute Gasteiger partial charge is 0.388 e. The molecule has 1 atom stereocenters. The quantitative estimate of drug-likeness (QED) is 0.730. The van der Waals surface area contributed by atoms with Crippen molar-refractivity contribution in [3.8, 4) is 0 Å². The molecule has 0 bridgehead atoms. The highest BCUT2D eigenvalue weighted by atomic mass is 16.3. The molecule has 1 aromatic heterocycles. The smallest absolute Gasteiger partial charge is 0.314 e. The van der Waals surface area contributed by atoms with Gasteiger partial charge in [-0.1, -0.05) is 25.8 Å². The van der Waals surface area contributed by atoms with Gasteiger partial charge in [-0.3, -0.25) is 9.59 Å². The van der Waals surface area contributed by atoms with Gasteiger partial charge in [0.2, 0.25) is 0 Å². The molecule has 1 saturated carbocycles. The number of H-pyrrole nitrogens is 2. The molecular weight excluding hydrogens is 256 g/mol. The van der Waals surface area contributed by atoms with Crippen LogP contribution in [0.2, 0.25) is 0 Å². The third-order valence-electron chi connectivity index (χ3n) is 4.47. The van der Waals surface area contributed by atoms with E-state index in [9.17, 15) is 14.7 Å². The average Bonchev–Trinajstić information content (AvgIpc) is 2.87. The lowest BCUT2D eigenvalue weighted by Crippen LogP contribution is -2.29. The number of hydrogen-bond acceptors (Lipinski definition) is 3. The van der Waals surface area contributed by atoms with E-state index in [0.717, 1.165) is 31.2 Å². The summed E-state index contributed by atoms with van der Waals surface area (Å²) in [7, 11) is 0. The van der Waals surface area contributed by atoms with Crippen LogP contribution in [0.25, 0.3) is 11.0 Å². The van der Waals surface area contributed by atoms with Crippen LogP contribution >= 0.6 is 0 Å². The van der Waals surface area contributed by atoms with Crippen LogP contribution in [0.3, 0.4) is 0 Å². The normalized spacial score (nSPS) is 19.3. The first-order valence-electron chi connectivity index (χ1n) is 6.94. The lowest BCUT2D eigenvalue weighted by atomic mass is 9.79. The Labute approximate surface area is 115 Å². The molecule has 20 heavy (non-hydrogen) atoms. The third kappa shape index (κ3) is 2.08. The summed E-state index contributed by atoms with van der Waals surface area (Å²) in [6.07, 6.45) is 3.75. The van der Waals surface area contributed by atoms with Crippen molar-refractivity contribution in [3.05, 3.63) is 44.5 Å². The fourth-order valence-corrected chi connectivity index (χ4v) is 3.16. The monoisotopic (exact) mass is 274 g/mol. The molecule has 106 valence electrons. The molecular formula is C15H18N2O3. The van der Waals surface area contributed by atoms with Gasteiger partial charge in [-0.15, -0.1) is 0 Å². The first-order chi connectivity index (χ1) is 9.49. The summed E-state index contributed by atoms with van der Waals surface area (Å²) >= 11 is 0. The maximum atomic E-state index is 11.4. The number of aliphatic hydroxyl groups is 1. The molecule has 1 fully saturated rings. The Hall–Kier alpha value is -1.88. The lowest BCUT2D eigenvalue weighted by Gasteiger charge is -2.30. The molecule has 1 aliphatic rings. The van der Waals surface area contributed by atoms with E-state index in [1.807, 2.05) is 6.07 Å². The Morgan fingerprint density at radius 2 is 1.70 bits per heavy atom. The minimum atomic E-state index is -0.670. The van der Waals surface area contributed by atoms with Crippen LogP contribution in [-0.4, -0.2) is 15.1 Å². The van der Waals surface area contributed by atoms with Crippen LogP contribution in [0.5, 0.6) is 0 Å². The van der Waals surface area contributed by atoms with Crippen LogP contribution in [0.4, 0.5) is 0 Å². The first kappa shape index (κ1) is 13.1. The predicted molar refractivity (Wildman–Crippen MR) is 76.7 cm³/mol. The Morgan fingerprint density at radius 3 is 2.35 bits per heavy atom. The zero-order valence-corrected chi connectivity index (χ0v) is 11.4. The number of benzene rings is 1. The average molecular weight is 274 g/mol. The summed E-state index contributed by atoms with van der Waals surface area (Å²) < 4.78 is 0. The van der Waals surface area contributed by atoms with Crippen molar-refractivity contribution in [2.75, 3.05) is 0 Å². The summed E-state index contributed by atoms with van der Waals surface area (Å²) in [5, 5.41) is 10.6. The van der Waals surface area contributed by atoms with E-state index < -0.39 is 17.2 Å². The molecule has 0 aliphatic heterocycles. The van der Waals surface area contributed by atoms with Gasteiger partial charge in [-0.05, 0) is 36.0 Å². The van der Waals surface area contributed by atoms with Crippen molar-refractivity contribution in [2.45, 2.75) is 38.7 Å². The molecule has 1 unspecified atom stereocenters. The van der Waals surface area contributed by atoms with Gasteiger partial charge in [0.1, 0.15) is 0 Å². The highest BCUT2D eigenvalue weighted by Gasteiger charge is 2.36. The first-order valence-corrected chi connectivity index (χ1v) is 6.94. The van der Waals surface area contributed by atoms with Crippen LogP contribution in [0.15, 0.2) is 27.8 Å². The van der Waals surface area contributed by atoms with Gasteiger partial charge < -0.3 is 15.1 Å². The number of nitrogens with one attached hydrogen (secondary N) is 2. The second-order valence-corrected chi connectivity index (χ2v) is 5.98. The van der Waals surface area contributed by atoms with E-state index in [-0.39, 0.29) is 5.41 Å². The molecule has 1 aliphatic carbocycles. The van der Waals surface area contributed by atoms with E-state index in [0.29, 0.717) is 11.0 Å². The zero-order chi connectivity index (χ0) is 14.3. The van der Waals surface area contributed by atoms with Gasteiger partial charge >= 0.3 is 11.1 Å². The lowest BCUT2D eigenvalue weighted by molar-refractivity contribution is 0.0409. The zero-order valence-electron chi connectivity index (χ0n) is 11.4. The predicted octanol–water partition coefficient (Wildman–Crippen LogP) is 1.83. The standard InChI is InChI=1S/C15H18N2O3/c1-15(6-2-3-7-15)12(18)9-4-5-10-11(8-9)17-14(20)13(19)16-10/h4-5,8,12,18H,2-3,6-7H2,1H3,(H,16,19)(H,17,20). The van der Waals surface area contributed by atoms with Crippen molar-refractivity contribution >= 4 is 11.0 Å². The van der Waals surface area contributed by atoms with Crippen molar-refractivity contribution in [2.24, 2.45) is 5.41 Å². The highest BCUT2D eigenvalue weighted by Crippen LogP contribution is 2.47. The molecule has 5 nitrogen and oxygen atoms in total. The molecule has 3 N–H and O–H groups in total. The van der Waals surface area contributed by atoms with Crippen molar-refractivity contribution in [1.82, 2.24) is 9.97 Å². The number of rotatable bonds is 2. The molecule has 3 rings (SSSR count). The van der Waals surface area contributed by atoms with Crippen LogP contribution in [0, 0.1) is 5.41 Å². The molecule has 0 radical (unpaired) electrons. The van der Waals surface area contributed by atoms with Crippen LogP contribution in [-0.2, 0) is 0 Å². The number of hydrogen-bond donors (Lipinski definition) is 3. The molecule has 0 spiro atoms. The maximum Gasteiger partial charge on any atom is 0.314 e. The van der Waals surface area contributed by atoms with E-state index in [1.165, 1.54) is 0 Å². The number of aromatic nitrogens is 2. The van der Waals surface area contributed by atoms with Gasteiger partial charge in [0.05, 0.1) is 17.1 Å². The van der Waals surface area contributed by atoms with Gasteiger partial charge in [-0.25, -0.2) is 0 Å². The second kappa shape index (κ2) is 4.59. The Bertz CT molecular complexity index is 754. The van der Waals surface area contributed by atoms with Crippen molar-refractivity contribution in [1.29, 1.82) is 0 Å². The van der Waals surface area contributed by atoms with Crippen molar-refractivity contribution < 1.29 is 5.11 Å². The van der Waals surface area contributed by atoms with E-state index in [4.69, 9.17) is 0 Å². The van der Waals surface area contributed by atoms with E-state index in [1.54, 1.807) is 12.1 Å². The summed E-state index contributed by atoms with van der Waals surface area (Å²) in [5.41, 5.74) is 0.472. The van der Waals surface area contributed by atoms with Crippen LogP contribution in [0.1, 0.15) is 44.3 Å². The summed E-state index contributed by atoms with van der Waals surface area (Å²) in [6.45, 7) is 2.10. The van der Waals surface area contributed by atoms with Gasteiger partial charge in [0.15, 0.2) is 0 Å². The molecule has 1 heterocycles. The Morgan fingerprint density at radius 1 is 1.10 bits per heavy atom. The van der Waals surface area contributed by atoms with E-state index in [2.05, 4.69) is 16.9 Å². The maximum absolute atomic E-state index is 11.4. The molecule has 0 amide bonds. The van der Waals surface area contributed by atoms with Gasteiger partial charge in [0, 0.05) is 0 Å². The van der Waals surface area contributed by atoms with Gasteiger partial charge in [-0.2, -0.15) is 0 Å². The van der Waals surface area contributed by atoms with E-state index >= 15 is 0 Å². The minimum Gasteiger partial charge on any atom is -0.388 e. The second-order valence-electron chi connectivity index (χ2n) is 5.98. The van der Waals surface area contributed by atoms with Crippen LogP contribution < -0.4 is 11.1 Å². The SMILES string of the molecule is CC1(C(O)c2ccc3[nH]c(=O)c(=O)[nH]c3c2)CCCC1. The van der Waals surface area contributed by atoms with Gasteiger partial charge in [0.25, 0.3) is 0 Å². The molecule has 0 saturated heterocycles.